The molecule has 0 saturated carbocycles. The molecule has 19 heavy (non-hydrogen) atoms. The van der Waals surface area contributed by atoms with Crippen LogP contribution in [0.1, 0.15) is 35.3 Å². The number of benzene rings is 2. The molecule has 0 heterocycles. The SMILES string of the molecule is CCc1ccc(CC)c(-c2cccc(C(=O)O)c2)c1. The third kappa shape index (κ3) is 2.84. The van der Waals surface area contributed by atoms with Gasteiger partial charge in [-0.25, -0.2) is 4.79 Å². The first-order valence-corrected chi connectivity index (χ1v) is 6.61. The van der Waals surface area contributed by atoms with Crippen molar-refractivity contribution < 1.29 is 9.90 Å². The molecule has 0 unspecified atom stereocenters. The van der Waals surface area contributed by atoms with Crippen molar-refractivity contribution in [3.8, 4) is 11.1 Å². The summed E-state index contributed by atoms with van der Waals surface area (Å²) in [4.78, 5) is 11.1. The van der Waals surface area contributed by atoms with Crippen molar-refractivity contribution in [3.63, 3.8) is 0 Å². The molecule has 1 N–H and O–H groups in total. The van der Waals surface area contributed by atoms with Crippen molar-refractivity contribution in [2.24, 2.45) is 0 Å². The second-order valence-electron chi connectivity index (χ2n) is 4.58. The fourth-order valence-electron chi connectivity index (χ4n) is 2.24. The minimum absolute atomic E-state index is 0.335. The number of rotatable bonds is 4. The first-order valence-electron chi connectivity index (χ1n) is 6.61. The molecule has 0 aliphatic carbocycles. The Balaban J connectivity index is 2.56. The van der Waals surface area contributed by atoms with Gasteiger partial charge in [0.25, 0.3) is 0 Å². The Morgan fingerprint density at radius 3 is 2.47 bits per heavy atom. The maximum atomic E-state index is 11.1. The Morgan fingerprint density at radius 2 is 1.84 bits per heavy atom. The van der Waals surface area contributed by atoms with Crippen LogP contribution >= 0.6 is 0 Å². The van der Waals surface area contributed by atoms with E-state index in [1.54, 1.807) is 18.2 Å². The van der Waals surface area contributed by atoms with E-state index in [1.807, 2.05) is 6.07 Å². The van der Waals surface area contributed by atoms with E-state index in [4.69, 9.17) is 5.11 Å². The van der Waals surface area contributed by atoms with Gasteiger partial charge in [0.1, 0.15) is 0 Å². The molecule has 0 spiro atoms. The molecule has 0 saturated heterocycles. The molecule has 2 aromatic carbocycles. The Labute approximate surface area is 113 Å². The third-order valence-electron chi connectivity index (χ3n) is 3.38. The quantitative estimate of drug-likeness (QED) is 0.888. The van der Waals surface area contributed by atoms with E-state index in [0.29, 0.717) is 5.56 Å². The van der Waals surface area contributed by atoms with Crippen LogP contribution in [0.15, 0.2) is 42.5 Å². The smallest absolute Gasteiger partial charge is 0.335 e. The molecule has 0 aliphatic heterocycles. The standard InChI is InChI=1S/C17H18O2/c1-3-12-8-9-13(4-2)16(10-12)14-6-5-7-15(11-14)17(18)19/h5-11H,3-4H2,1-2H3,(H,18,19). The predicted molar refractivity (Wildman–Crippen MR) is 77.6 cm³/mol. The molecule has 2 nitrogen and oxygen atoms in total. The average molecular weight is 254 g/mol. The first-order chi connectivity index (χ1) is 9.15. The Morgan fingerprint density at radius 1 is 1.05 bits per heavy atom. The maximum absolute atomic E-state index is 11.1. The predicted octanol–water partition coefficient (Wildman–Crippen LogP) is 4.18. The van der Waals surface area contributed by atoms with Crippen LogP contribution < -0.4 is 0 Å². The molecule has 0 radical (unpaired) electrons. The van der Waals surface area contributed by atoms with Gasteiger partial charge in [-0.05, 0) is 47.2 Å². The van der Waals surface area contributed by atoms with E-state index in [0.717, 1.165) is 24.0 Å². The number of hydrogen-bond acceptors (Lipinski definition) is 1. The van der Waals surface area contributed by atoms with Crippen LogP contribution in [0, 0.1) is 0 Å². The van der Waals surface area contributed by atoms with Crippen LogP contribution in [0.4, 0.5) is 0 Å². The lowest BCUT2D eigenvalue weighted by atomic mass is 9.94. The molecule has 0 aromatic heterocycles. The molecule has 98 valence electrons. The van der Waals surface area contributed by atoms with Crippen molar-refractivity contribution in [3.05, 3.63) is 59.2 Å². The van der Waals surface area contributed by atoms with E-state index in [1.165, 1.54) is 11.1 Å². The Kier molecular flexibility index (Phi) is 4.00. The largest absolute Gasteiger partial charge is 0.478 e. The fourth-order valence-corrected chi connectivity index (χ4v) is 2.24. The van der Waals surface area contributed by atoms with Crippen LogP contribution in [-0.4, -0.2) is 11.1 Å². The molecular formula is C17H18O2. The van der Waals surface area contributed by atoms with Crippen molar-refractivity contribution in [2.75, 3.05) is 0 Å². The van der Waals surface area contributed by atoms with Gasteiger partial charge in [0.05, 0.1) is 5.56 Å². The minimum Gasteiger partial charge on any atom is -0.478 e. The number of hydrogen-bond donors (Lipinski definition) is 1. The van der Waals surface area contributed by atoms with E-state index >= 15 is 0 Å². The molecule has 0 fully saturated rings. The summed E-state index contributed by atoms with van der Waals surface area (Å²) in [6.07, 6.45) is 1.92. The van der Waals surface area contributed by atoms with E-state index in [-0.39, 0.29) is 0 Å². The topological polar surface area (TPSA) is 37.3 Å². The van der Waals surface area contributed by atoms with E-state index in [9.17, 15) is 4.79 Å². The van der Waals surface area contributed by atoms with Gasteiger partial charge in [-0.1, -0.05) is 44.2 Å². The van der Waals surface area contributed by atoms with Crippen LogP contribution in [0.5, 0.6) is 0 Å². The van der Waals surface area contributed by atoms with Gasteiger partial charge in [-0.3, -0.25) is 0 Å². The first kappa shape index (κ1) is 13.3. The maximum Gasteiger partial charge on any atom is 0.335 e. The van der Waals surface area contributed by atoms with Gasteiger partial charge in [-0.2, -0.15) is 0 Å². The molecule has 2 heteroatoms. The van der Waals surface area contributed by atoms with Gasteiger partial charge in [-0.15, -0.1) is 0 Å². The zero-order valence-corrected chi connectivity index (χ0v) is 11.3. The van der Waals surface area contributed by atoms with E-state index < -0.39 is 5.97 Å². The number of carbonyl (C=O) groups is 1. The summed E-state index contributed by atoms with van der Waals surface area (Å²) < 4.78 is 0. The summed E-state index contributed by atoms with van der Waals surface area (Å²) in [6, 6.07) is 13.6. The van der Waals surface area contributed by atoms with Gasteiger partial charge in [0.15, 0.2) is 0 Å². The molecule has 0 aliphatic rings. The summed E-state index contributed by atoms with van der Waals surface area (Å²) in [5, 5.41) is 9.08. The average Bonchev–Trinajstić information content (AvgIpc) is 2.46. The summed E-state index contributed by atoms with van der Waals surface area (Å²) in [6.45, 7) is 4.24. The van der Waals surface area contributed by atoms with Crippen molar-refractivity contribution >= 4 is 5.97 Å². The van der Waals surface area contributed by atoms with Crippen LogP contribution in [-0.2, 0) is 12.8 Å². The molecular weight excluding hydrogens is 236 g/mol. The highest BCUT2D eigenvalue weighted by Crippen LogP contribution is 2.26. The normalized spacial score (nSPS) is 10.4. The second kappa shape index (κ2) is 5.70. The third-order valence-corrected chi connectivity index (χ3v) is 3.38. The lowest BCUT2D eigenvalue weighted by molar-refractivity contribution is 0.0697. The highest BCUT2D eigenvalue weighted by atomic mass is 16.4. The van der Waals surface area contributed by atoms with Crippen molar-refractivity contribution in [2.45, 2.75) is 26.7 Å². The monoisotopic (exact) mass is 254 g/mol. The van der Waals surface area contributed by atoms with Crippen molar-refractivity contribution in [1.29, 1.82) is 0 Å². The number of carboxylic acids is 1. The summed E-state index contributed by atoms with van der Waals surface area (Å²) in [7, 11) is 0. The molecule has 2 aromatic rings. The van der Waals surface area contributed by atoms with Crippen LogP contribution in [0.25, 0.3) is 11.1 Å². The van der Waals surface area contributed by atoms with Crippen LogP contribution in [0.2, 0.25) is 0 Å². The highest BCUT2D eigenvalue weighted by molar-refractivity contribution is 5.89. The van der Waals surface area contributed by atoms with Gasteiger partial charge >= 0.3 is 5.97 Å². The Hall–Kier alpha value is -2.09. The zero-order chi connectivity index (χ0) is 13.8. The van der Waals surface area contributed by atoms with Gasteiger partial charge < -0.3 is 5.11 Å². The lowest BCUT2D eigenvalue weighted by Gasteiger charge is -2.11. The van der Waals surface area contributed by atoms with Gasteiger partial charge in [0.2, 0.25) is 0 Å². The highest BCUT2D eigenvalue weighted by Gasteiger charge is 2.08. The second-order valence-corrected chi connectivity index (χ2v) is 4.58. The molecule has 0 atom stereocenters. The Bertz CT molecular complexity index is 600. The number of aromatic carboxylic acids is 1. The zero-order valence-electron chi connectivity index (χ0n) is 11.3. The molecule has 2 rings (SSSR count). The fraction of sp³-hybridized carbons (Fsp3) is 0.235. The lowest BCUT2D eigenvalue weighted by Crippen LogP contribution is -1.97. The van der Waals surface area contributed by atoms with Crippen LogP contribution in [0.3, 0.4) is 0 Å². The van der Waals surface area contributed by atoms with Crippen molar-refractivity contribution in [1.82, 2.24) is 0 Å². The summed E-state index contributed by atoms with van der Waals surface area (Å²) >= 11 is 0. The van der Waals surface area contributed by atoms with E-state index in [2.05, 4.69) is 32.0 Å². The molecule has 0 bridgehead atoms. The number of carboxylic acid groups (broad SMARTS) is 1. The minimum atomic E-state index is -0.883. The molecule has 0 amide bonds. The number of aryl methyl sites for hydroxylation is 2. The summed E-state index contributed by atoms with van der Waals surface area (Å²) in [5.41, 5.74) is 4.98. The van der Waals surface area contributed by atoms with Gasteiger partial charge in [0, 0.05) is 0 Å². The summed E-state index contributed by atoms with van der Waals surface area (Å²) in [5.74, 6) is -0.883.